The Morgan fingerprint density at radius 1 is 0.787 bits per heavy atom. The van der Waals surface area contributed by atoms with Gasteiger partial charge in [-0.2, -0.15) is 0 Å². The van der Waals surface area contributed by atoms with Gasteiger partial charge in [0, 0.05) is 44.7 Å². The van der Waals surface area contributed by atoms with Crippen LogP contribution in [0, 0.1) is 5.92 Å². The molecule has 1 fully saturated rings. The van der Waals surface area contributed by atoms with Crippen LogP contribution in [-0.2, 0) is 22.4 Å². The van der Waals surface area contributed by atoms with Crippen molar-refractivity contribution in [3.63, 3.8) is 0 Å². The maximum Gasteiger partial charge on any atom is 0.239 e. The highest BCUT2D eigenvalue weighted by Crippen LogP contribution is 2.26. The van der Waals surface area contributed by atoms with E-state index >= 15 is 0 Å². The SMILES string of the molecule is CC(C)C[C@@H]1CN(C(=O)CCc2ccc3ccccc3c2)C(CCCNCCN)CN1C(=O)C(N)CCc1ccc2ccccc2c1. The first kappa shape index (κ1) is 34.6. The Bertz CT molecular complexity index is 1620. The second-order valence-corrected chi connectivity index (χ2v) is 13.7. The molecule has 47 heavy (non-hydrogen) atoms. The van der Waals surface area contributed by atoms with Gasteiger partial charge < -0.3 is 26.6 Å². The number of hydrogen-bond acceptors (Lipinski definition) is 5. The Hall–Kier alpha value is -3.78. The van der Waals surface area contributed by atoms with E-state index in [0.29, 0.717) is 44.8 Å². The molecule has 2 unspecified atom stereocenters. The van der Waals surface area contributed by atoms with Gasteiger partial charge in [0.2, 0.25) is 11.8 Å². The van der Waals surface area contributed by atoms with Crippen molar-refractivity contribution >= 4 is 33.4 Å². The van der Waals surface area contributed by atoms with Gasteiger partial charge in [0.1, 0.15) is 0 Å². The van der Waals surface area contributed by atoms with Gasteiger partial charge in [-0.25, -0.2) is 0 Å². The van der Waals surface area contributed by atoms with E-state index in [9.17, 15) is 9.59 Å². The summed E-state index contributed by atoms with van der Waals surface area (Å²) in [6, 6.07) is 28.9. The zero-order valence-electron chi connectivity index (χ0n) is 28.2. The Morgan fingerprint density at radius 2 is 1.38 bits per heavy atom. The number of carbonyl (C=O) groups is 2. The summed E-state index contributed by atoms with van der Waals surface area (Å²) in [7, 11) is 0. The molecule has 4 aromatic carbocycles. The van der Waals surface area contributed by atoms with Crippen molar-refractivity contribution in [1.29, 1.82) is 0 Å². The first-order valence-electron chi connectivity index (χ1n) is 17.5. The van der Waals surface area contributed by atoms with Crippen LogP contribution in [0.3, 0.4) is 0 Å². The van der Waals surface area contributed by atoms with E-state index in [1.54, 1.807) is 0 Å². The van der Waals surface area contributed by atoms with Crippen molar-refractivity contribution in [3.05, 3.63) is 96.1 Å². The molecule has 1 heterocycles. The zero-order chi connectivity index (χ0) is 33.2. The summed E-state index contributed by atoms with van der Waals surface area (Å²) in [5.41, 5.74) is 14.7. The number of aryl methyl sites for hydroxylation is 2. The standard InChI is InChI=1S/C40H53N5O2/c1-29(2)24-37-28-44(39(46)20-16-31-14-18-33-9-4-6-11-35(33)26-31)36(12-7-22-43-23-21-41)27-45(37)40(47)38(42)19-15-30-13-17-32-8-3-5-10-34(32)25-30/h3-6,8-11,13-14,17-18,25-26,29,36-38,43H,7,12,15-16,19-24,27-28,41-42H2,1-2H3/t36?,37-,38?/m1/s1. The smallest absolute Gasteiger partial charge is 0.239 e. The van der Waals surface area contributed by atoms with E-state index in [2.05, 4.69) is 96.9 Å². The minimum atomic E-state index is -0.585. The molecular weight excluding hydrogens is 582 g/mol. The lowest BCUT2D eigenvalue weighted by Gasteiger charge is -2.48. The Kier molecular flexibility index (Phi) is 12.4. The number of piperazine rings is 1. The lowest BCUT2D eigenvalue weighted by Crippen LogP contribution is -2.63. The predicted molar refractivity (Wildman–Crippen MR) is 194 cm³/mol. The summed E-state index contributed by atoms with van der Waals surface area (Å²) in [4.78, 5) is 32.1. The van der Waals surface area contributed by atoms with Crippen molar-refractivity contribution in [3.8, 4) is 0 Å². The molecule has 4 aromatic rings. The topological polar surface area (TPSA) is 105 Å². The average Bonchev–Trinajstić information content (AvgIpc) is 3.09. The van der Waals surface area contributed by atoms with Gasteiger partial charge in [-0.15, -0.1) is 0 Å². The van der Waals surface area contributed by atoms with Crippen molar-refractivity contribution in [1.82, 2.24) is 15.1 Å². The van der Waals surface area contributed by atoms with E-state index in [-0.39, 0.29) is 23.9 Å². The summed E-state index contributed by atoms with van der Waals surface area (Å²) >= 11 is 0. The minimum Gasteiger partial charge on any atom is -0.336 e. The van der Waals surface area contributed by atoms with E-state index in [0.717, 1.165) is 38.8 Å². The van der Waals surface area contributed by atoms with Gasteiger partial charge in [0.05, 0.1) is 6.04 Å². The van der Waals surface area contributed by atoms with Gasteiger partial charge in [-0.3, -0.25) is 9.59 Å². The highest BCUT2D eigenvalue weighted by atomic mass is 16.2. The van der Waals surface area contributed by atoms with Gasteiger partial charge in [0.25, 0.3) is 0 Å². The summed E-state index contributed by atoms with van der Waals surface area (Å²) in [5.74, 6) is 0.557. The lowest BCUT2D eigenvalue weighted by molar-refractivity contribution is -0.148. The fraction of sp³-hybridized carbons (Fsp3) is 0.450. The fourth-order valence-electron chi connectivity index (χ4n) is 7.05. The molecule has 0 spiro atoms. The predicted octanol–water partition coefficient (Wildman–Crippen LogP) is 5.67. The van der Waals surface area contributed by atoms with Gasteiger partial charge >= 0.3 is 0 Å². The van der Waals surface area contributed by atoms with E-state index < -0.39 is 6.04 Å². The summed E-state index contributed by atoms with van der Waals surface area (Å²) < 4.78 is 0. The van der Waals surface area contributed by atoms with Crippen LogP contribution < -0.4 is 16.8 Å². The fourth-order valence-corrected chi connectivity index (χ4v) is 7.05. The van der Waals surface area contributed by atoms with Gasteiger partial charge in [-0.05, 0) is 83.7 Å². The largest absolute Gasteiger partial charge is 0.336 e. The number of nitrogens with two attached hydrogens (primary N) is 2. The van der Waals surface area contributed by atoms with Crippen LogP contribution in [0.5, 0.6) is 0 Å². The van der Waals surface area contributed by atoms with Crippen LogP contribution in [0.2, 0.25) is 0 Å². The second kappa shape index (κ2) is 16.9. The van der Waals surface area contributed by atoms with Crippen LogP contribution in [0.15, 0.2) is 84.9 Å². The number of amides is 2. The van der Waals surface area contributed by atoms with E-state index in [1.807, 2.05) is 17.0 Å². The minimum absolute atomic E-state index is 0.00552. The Morgan fingerprint density at radius 3 is 2.00 bits per heavy atom. The van der Waals surface area contributed by atoms with Crippen molar-refractivity contribution < 1.29 is 9.59 Å². The molecule has 0 aliphatic carbocycles. The molecule has 7 nitrogen and oxygen atoms in total. The van der Waals surface area contributed by atoms with Crippen molar-refractivity contribution in [2.24, 2.45) is 17.4 Å². The Labute approximate surface area is 280 Å². The maximum atomic E-state index is 14.0. The van der Waals surface area contributed by atoms with Crippen LogP contribution in [0.1, 0.15) is 57.1 Å². The summed E-state index contributed by atoms with van der Waals surface area (Å²) in [6.45, 7) is 7.65. The average molecular weight is 636 g/mol. The molecule has 2 amide bonds. The lowest BCUT2D eigenvalue weighted by atomic mass is 9.93. The van der Waals surface area contributed by atoms with Crippen molar-refractivity contribution in [2.75, 3.05) is 32.7 Å². The third-order valence-electron chi connectivity index (χ3n) is 9.57. The van der Waals surface area contributed by atoms with Gasteiger partial charge in [0.15, 0.2) is 0 Å². The number of hydrogen-bond donors (Lipinski definition) is 3. The zero-order valence-corrected chi connectivity index (χ0v) is 28.2. The molecule has 5 N–H and O–H groups in total. The Balaban J connectivity index is 1.27. The molecule has 250 valence electrons. The molecule has 0 saturated carbocycles. The molecule has 7 heteroatoms. The molecule has 1 aliphatic rings. The third kappa shape index (κ3) is 9.40. The number of fused-ring (bicyclic) bond motifs is 2. The van der Waals surface area contributed by atoms with Crippen molar-refractivity contribution in [2.45, 2.75) is 76.9 Å². The molecule has 5 rings (SSSR count). The first-order chi connectivity index (χ1) is 22.8. The monoisotopic (exact) mass is 635 g/mol. The molecular formula is C40H53N5O2. The first-order valence-corrected chi connectivity index (χ1v) is 17.5. The molecule has 0 radical (unpaired) electrons. The third-order valence-corrected chi connectivity index (χ3v) is 9.57. The molecule has 1 aliphatic heterocycles. The van der Waals surface area contributed by atoms with Gasteiger partial charge in [-0.1, -0.05) is 98.8 Å². The number of rotatable bonds is 15. The van der Waals surface area contributed by atoms with Crippen LogP contribution in [0.25, 0.3) is 21.5 Å². The van der Waals surface area contributed by atoms with E-state index in [1.165, 1.54) is 32.7 Å². The quantitative estimate of drug-likeness (QED) is 0.146. The molecule has 3 atom stereocenters. The molecule has 1 saturated heterocycles. The number of benzene rings is 4. The molecule has 0 aromatic heterocycles. The van der Waals surface area contributed by atoms with E-state index in [4.69, 9.17) is 11.5 Å². The maximum absolute atomic E-state index is 14.0. The highest BCUT2D eigenvalue weighted by molar-refractivity contribution is 5.85. The van der Waals surface area contributed by atoms with Crippen LogP contribution in [-0.4, -0.2) is 72.5 Å². The summed E-state index contributed by atoms with van der Waals surface area (Å²) in [6.07, 6.45) is 5.05. The van der Waals surface area contributed by atoms with Crippen LogP contribution in [0.4, 0.5) is 0 Å². The normalized spacial score (nSPS) is 17.5. The molecule has 0 bridgehead atoms. The van der Waals surface area contributed by atoms with Crippen LogP contribution >= 0.6 is 0 Å². The number of nitrogens with zero attached hydrogens (tertiary/aromatic N) is 2. The number of carbonyl (C=O) groups excluding carboxylic acids is 2. The highest BCUT2D eigenvalue weighted by Gasteiger charge is 2.39. The summed E-state index contributed by atoms with van der Waals surface area (Å²) in [5, 5.41) is 8.20. The second-order valence-electron chi connectivity index (χ2n) is 13.7. The number of nitrogens with one attached hydrogen (secondary N) is 1.